The molecule has 2 aliphatic heterocycles. The number of nitrogens with zero attached hydrogens (tertiary/aromatic N) is 2. The van der Waals surface area contributed by atoms with E-state index < -0.39 is 0 Å². The standard InChI is InChI=1S/C17H24N2O.ClH/c1-2-3-12-18-17-19-13-8-7-11-15(19)16(20-17)14-9-5-4-6-10-14;/h4-6,9-10,15-16H,2-3,7-8,11-13H2,1H3;1H/t15-,16+;/m1./s1. The SMILES string of the molecule is CCCCN=C1O[C@@H](c2ccccc2)[C@H]2CCCCN12.Cl. The van der Waals surface area contributed by atoms with E-state index in [4.69, 9.17) is 9.73 Å². The van der Waals surface area contributed by atoms with Gasteiger partial charge in [0, 0.05) is 13.1 Å². The van der Waals surface area contributed by atoms with Crippen LogP contribution in [0.1, 0.15) is 50.7 Å². The van der Waals surface area contributed by atoms with Crippen LogP contribution >= 0.6 is 12.4 Å². The Bertz CT molecular complexity index is 463. The first-order valence-corrected chi connectivity index (χ1v) is 7.93. The summed E-state index contributed by atoms with van der Waals surface area (Å²) in [5, 5.41) is 0. The maximum Gasteiger partial charge on any atom is 0.288 e. The van der Waals surface area contributed by atoms with Gasteiger partial charge in [-0.05, 0) is 31.2 Å². The van der Waals surface area contributed by atoms with Gasteiger partial charge >= 0.3 is 0 Å². The number of benzene rings is 1. The van der Waals surface area contributed by atoms with Gasteiger partial charge in [-0.25, -0.2) is 4.99 Å². The van der Waals surface area contributed by atoms with E-state index in [-0.39, 0.29) is 18.5 Å². The molecule has 4 heteroatoms. The molecule has 0 aromatic heterocycles. The van der Waals surface area contributed by atoms with Crippen LogP contribution in [0, 0.1) is 0 Å². The van der Waals surface area contributed by atoms with Crippen LogP contribution < -0.4 is 0 Å². The zero-order chi connectivity index (χ0) is 13.8. The molecule has 0 aliphatic carbocycles. The average molecular weight is 309 g/mol. The number of fused-ring (bicyclic) bond motifs is 1. The lowest BCUT2D eigenvalue weighted by Crippen LogP contribution is -2.39. The van der Waals surface area contributed by atoms with Gasteiger partial charge < -0.3 is 9.64 Å². The van der Waals surface area contributed by atoms with Crippen LogP contribution in [0.3, 0.4) is 0 Å². The highest BCUT2D eigenvalue weighted by Crippen LogP contribution is 2.37. The molecule has 116 valence electrons. The highest BCUT2D eigenvalue weighted by atomic mass is 35.5. The summed E-state index contributed by atoms with van der Waals surface area (Å²) in [6.07, 6.45) is 6.26. The Morgan fingerprint density at radius 1 is 1.24 bits per heavy atom. The molecule has 3 rings (SSSR count). The molecule has 0 spiro atoms. The number of hydrogen-bond acceptors (Lipinski definition) is 2. The topological polar surface area (TPSA) is 24.8 Å². The molecule has 0 N–H and O–H groups in total. The molecule has 21 heavy (non-hydrogen) atoms. The van der Waals surface area contributed by atoms with Gasteiger partial charge in [-0.1, -0.05) is 43.7 Å². The van der Waals surface area contributed by atoms with Gasteiger partial charge in [-0.3, -0.25) is 0 Å². The molecule has 0 radical (unpaired) electrons. The quantitative estimate of drug-likeness (QED) is 0.779. The molecule has 0 amide bonds. The summed E-state index contributed by atoms with van der Waals surface area (Å²) < 4.78 is 6.22. The van der Waals surface area contributed by atoms with Crippen molar-refractivity contribution in [3.63, 3.8) is 0 Å². The molecule has 2 heterocycles. The van der Waals surface area contributed by atoms with Crippen molar-refractivity contribution in [3.8, 4) is 0 Å². The molecular weight excluding hydrogens is 284 g/mol. The maximum atomic E-state index is 6.22. The molecule has 1 aromatic rings. The van der Waals surface area contributed by atoms with E-state index in [1.165, 1.54) is 31.2 Å². The Hall–Kier alpha value is -1.22. The van der Waals surface area contributed by atoms with Gasteiger partial charge in [0.1, 0.15) is 6.10 Å². The third-order valence-corrected chi connectivity index (χ3v) is 4.26. The second-order valence-corrected chi connectivity index (χ2v) is 5.72. The van der Waals surface area contributed by atoms with Crippen molar-refractivity contribution < 1.29 is 4.74 Å². The van der Waals surface area contributed by atoms with E-state index in [9.17, 15) is 0 Å². The Kier molecular flexibility index (Phi) is 5.92. The zero-order valence-corrected chi connectivity index (χ0v) is 13.5. The first-order chi connectivity index (χ1) is 9.90. The van der Waals surface area contributed by atoms with Crippen LogP contribution in [0.25, 0.3) is 0 Å². The van der Waals surface area contributed by atoms with Gasteiger partial charge in [-0.15, -0.1) is 12.4 Å². The molecule has 2 fully saturated rings. The zero-order valence-electron chi connectivity index (χ0n) is 12.7. The van der Waals surface area contributed by atoms with Crippen molar-refractivity contribution in [1.29, 1.82) is 0 Å². The van der Waals surface area contributed by atoms with Gasteiger partial charge in [0.15, 0.2) is 0 Å². The molecule has 0 unspecified atom stereocenters. The van der Waals surface area contributed by atoms with Crippen molar-refractivity contribution in [2.45, 2.75) is 51.2 Å². The third kappa shape index (κ3) is 3.52. The van der Waals surface area contributed by atoms with E-state index in [1.807, 2.05) is 0 Å². The predicted octanol–water partition coefficient (Wildman–Crippen LogP) is 4.19. The fourth-order valence-corrected chi connectivity index (χ4v) is 3.16. The van der Waals surface area contributed by atoms with Crippen molar-refractivity contribution in [2.75, 3.05) is 13.1 Å². The van der Waals surface area contributed by atoms with E-state index in [0.717, 1.165) is 25.5 Å². The predicted molar refractivity (Wildman–Crippen MR) is 89.1 cm³/mol. The largest absolute Gasteiger partial charge is 0.455 e. The van der Waals surface area contributed by atoms with Crippen molar-refractivity contribution >= 4 is 18.4 Å². The average Bonchev–Trinajstić information content (AvgIpc) is 2.88. The van der Waals surface area contributed by atoms with Crippen LogP contribution in [-0.4, -0.2) is 30.1 Å². The number of amidine groups is 1. The second kappa shape index (κ2) is 7.69. The Morgan fingerprint density at radius 2 is 2.05 bits per heavy atom. The smallest absolute Gasteiger partial charge is 0.288 e. The number of piperidine rings is 1. The third-order valence-electron chi connectivity index (χ3n) is 4.26. The molecule has 0 bridgehead atoms. The first kappa shape index (κ1) is 16.2. The van der Waals surface area contributed by atoms with Crippen LogP contribution in [0.15, 0.2) is 35.3 Å². The number of aliphatic imine (C=N–C) groups is 1. The number of rotatable bonds is 4. The van der Waals surface area contributed by atoms with E-state index in [0.29, 0.717) is 6.04 Å². The number of halogens is 1. The van der Waals surface area contributed by atoms with Gasteiger partial charge in [-0.2, -0.15) is 0 Å². The highest BCUT2D eigenvalue weighted by molar-refractivity contribution is 5.85. The normalized spacial score (nSPS) is 26.1. The van der Waals surface area contributed by atoms with E-state index >= 15 is 0 Å². The molecule has 1 aromatic carbocycles. The minimum atomic E-state index is 0. The van der Waals surface area contributed by atoms with Crippen LogP contribution in [0.4, 0.5) is 0 Å². The lowest BCUT2D eigenvalue weighted by Gasteiger charge is -2.30. The summed E-state index contributed by atoms with van der Waals surface area (Å²) in [5.74, 6) is 0. The fraction of sp³-hybridized carbons (Fsp3) is 0.588. The molecule has 2 saturated heterocycles. The minimum absolute atomic E-state index is 0. The van der Waals surface area contributed by atoms with Gasteiger partial charge in [0.25, 0.3) is 6.02 Å². The summed E-state index contributed by atoms with van der Waals surface area (Å²) in [7, 11) is 0. The summed E-state index contributed by atoms with van der Waals surface area (Å²) in [5.41, 5.74) is 1.28. The first-order valence-electron chi connectivity index (χ1n) is 7.93. The number of ether oxygens (including phenoxy) is 1. The highest BCUT2D eigenvalue weighted by Gasteiger charge is 2.41. The molecule has 0 saturated carbocycles. The summed E-state index contributed by atoms with van der Waals surface area (Å²) >= 11 is 0. The lowest BCUT2D eigenvalue weighted by molar-refractivity contribution is 0.168. The Labute approximate surface area is 133 Å². The Balaban J connectivity index is 0.00000161. The van der Waals surface area contributed by atoms with Crippen LogP contribution in [-0.2, 0) is 4.74 Å². The molecular formula is C17H25ClN2O. The fourth-order valence-electron chi connectivity index (χ4n) is 3.16. The minimum Gasteiger partial charge on any atom is -0.455 e. The number of hydrogen-bond donors (Lipinski definition) is 0. The summed E-state index contributed by atoms with van der Waals surface area (Å²) in [4.78, 5) is 7.09. The van der Waals surface area contributed by atoms with Crippen molar-refractivity contribution in [2.24, 2.45) is 4.99 Å². The van der Waals surface area contributed by atoms with Crippen LogP contribution in [0.5, 0.6) is 0 Å². The van der Waals surface area contributed by atoms with E-state index in [1.54, 1.807) is 0 Å². The Morgan fingerprint density at radius 3 is 2.81 bits per heavy atom. The maximum absolute atomic E-state index is 6.22. The van der Waals surface area contributed by atoms with Gasteiger partial charge in [0.05, 0.1) is 6.04 Å². The van der Waals surface area contributed by atoms with Gasteiger partial charge in [0.2, 0.25) is 0 Å². The van der Waals surface area contributed by atoms with E-state index in [2.05, 4.69) is 42.2 Å². The lowest BCUT2D eigenvalue weighted by atomic mass is 9.94. The molecule has 2 aliphatic rings. The molecule has 3 nitrogen and oxygen atoms in total. The second-order valence-electron chi connectivity index (χ2n) is 5.72. The summed E-state index contributed by atoms with van der Waals surface area (Å²) in [6, 6.07) is 12.0. The number of unbranched alkanes of at least 4 members (excludes halogenated alkanes) is 1. The monoisotopic (exact) mass is 308 g/mol. The van der Waals surface area contributed by atoms with Crippen LogP contribution in [0.2, 0.25) is 0 Å². The van der Waals surface area contributed by atoms with Crippen molar-refractivity contribution in [1.82, 2.24) is 4.90 Å². The molecule has 2 atom stereocenters. The van der Waals surface area contributed by atoms with Crippen molar-refractivity contribution in [3.05, 3.63) is 35.9 Å². The summed E-state index contributed by atoms with van der Waals surface area (Å²) in [6.45, 7) is 4.18.